The summed E-state index contributed by atoms with van der Waals surface area (Å²) in [4.78, 5) is 0.129. The summed E-state index contributed by atoms with van der Waals surface area (Å²) in [5.74, 6) is 0.620. The smallest absolute Gasteiger partial charge is 0.242 e. The summed E-state index contributed by atoms with van der Waals surface area (Å²) in [5.41, 5.74) is 7.06. The zero-order valence-electron chi connectivity index (χ0n) is 12.7. The second kappa shape index (κ2) is 6.66. The quantitative estimate of drug-likeness (QED) is 0.589. The fraction of sp³-hybridized carbons (Fsp3) is 0.600. The largest absolute Gasteiger partial charge is 0.398 e. The van der Waals surface area contributed by atoms with Crippen LogP contribution >= 0.6 is 0 Å². The SMILES string of the molecule is CNS(=O)(=O)c1ccc(NC2CCCCCC2C)cc1N. The van der Waals surface area contributed by atoms with Gasteiger partial charge in [0.15, 0.2) is 0 Å². The Kier molecular flexibility index (Phi) is 5.11. The molecular weight excluding hydrogens is 286 g/mol. The minimum Gasteiger partial charge on any atom is -0.398 e. The van der Waals surface area contributed by atoms with Crippen LogP contribution < -0.4 is 15.8 Å². The van der Waals surface area contributed by atoms with Crippen LogP contribution in [0.2, 0.25) is 0 Å². The van der Waals surface area contributed by atoms with E-state index in [-0.39, 0.29) is 10.6 Å². The Morgan fingerprint density at radius 3 is 2.57 bits per heavy atom. The van der Waals surface area contributed by atoms with Gasteiger partial charge in [-0.2, -0.15) is 0 Å². The van der Waals surface area contributed by atoms with Crippen LogP contribution in [-0.4, -0.2) is 21.5 Å². The van der Waals surface area contributed by atoms with Crippen molar-refractivity contribution in [2.75, 3.05) is 18.1 Å². The molecule has 118 valence electrons. The van der Waals surface area contributed by atoms with Crippen molar-refractivity contribution in [1.82, 2.24) is 4.72 Å². The van der Waals surface area contributed by atoms with Crippen molar-refractivity contribution in [2.24, 2.45) is 5.92 Å². The van der Waals surface area contributed by atoms with Gasteiger partial charge in [0.2, 0.25) is 10.0 Å². The van der Waals surface area contributed by atoms with E-state index in [4.69, 9.17) is 5.73 Å². The molecule has 1 aromatic carbocycles. The summed E-state index contributed by atoms with van der Waals surface area (Å²) in [7, 11) is -2.12. The van der Waals surface area contributed by atoms with Crippen LogP contribution in [0.4, 0.5) is 11.4 Å². The molecule has 0 amide bonds. The van der Waals surface area contributed by atoms with Gasteiger partial charge in [-0.05, 0) is 44.0 Å². The van der Waals surface area contributed by atoms with Crippen molar-refractivity contribution < 1.29 is 8.42 Å². The molecule has 4 N–H and O–H groups in total. The Balaban J connectivity index is 2.17. The van der Waals surface area contributed by atoms with E-state index in [1.54, 1.807) is 18.2 Å². The Bertz CT molecular complexity index is 587. The van der Waals surface area contributed by atoms with Gasteiger partial charge in [-0.3, -0.25) is 0 Å². The molecule has 1 fully saturated rings. The van der Waals surface area contributed by atoms with E-state index in [1.807, 2.05) is 0 Å². The van der Waals surface area contributed by atoms with Crippen molar-refractivity contribution in [3.05, 3.63) is 18.2 Å². The van der Waals surface area contributed by atoms with Crippen LogP contribution in [-0.2, 0) is 10.0 Å². The van der Waals surface area contributed by atoms with E-state index in [9.17, 15) is 8.42 Å². The van der Waals surface area contributed by atoms with Gasteiger partial charge in [0.25, 0.3) is 0 Å². The lowest BCUT2D eigenvalue weighted by molar-refractivity contribution is 0.456. The summed E-state index contributed by atoms with van der Waals surface area (Å²) >= 11 is 0. The lowest BCUT2D eigenvalue weighted by Crippen LogP contribution is -2.26. The number of hydrogen-bond donors (Lipinski definition) is 3. The van der Waals surface area contributed by atoms with Gasteiger partial charge in [-0.25, -0.2) is 13.1 Å². The molecule has 0 spiro atoms. The second-order valence-corrected chi connectivity index (χ2v) is 7.68. The molecule has 0 bridgehead atoms. The van der Waals surface area contributed by atoms with Gasteiger partial charge in [0.05, 0.1) is 5.69 Å². The van der Waals surface area contributed by atoms with Gasteiger partial charge < -0.3 is 11.1 Å². The highest BCUT2D eigenvalue weighted by molar-refractivity contribution is 7.89. The minimum atomic E-state index is -3.50. The van der Waals surface area contributed by atoms with E-state index in [2.05, 4.69) is 17.0 Å². The van der Waals surface area contributed by atoms with E-state index < -0.39 is 10.0 Å². The van der Waals surface area contributed by atoms with Crippen molar-refractivity contribution in [3.63, 3.8) is 0 Å². The standard InChI is InChI=1S/C15H25N3O2S/c1-11-6-4-3-5-7-14(11)18-12-8-9-15(13(16)10-12)21(19,20)17-2/h8-11,14,17-18H,3-7,16H2,1-2H3. The molecule has 0 aliphatic heterocycles. The lowest BCUT2D eigenvalue weighted by atomic mass is 9.96. The molecule has 0 saturated heterocycles. The first-order valence-corrected chi connectivity index (χ1v) is 9.02. The first-order chi connectivity index (χ1) is 9.94. The molecule has 0 radical (unpaired) electrons. The van der Waals surface area contributed by atoms with Crippen LogP contribution in [0.25, 0.3) is 0 Å². The third kappa shape index (κ3) is 3.89. The summed E-state index contributed by atoms with van der Waals surface area (Å²) in [6.07, 6.45) is 6.21. The number of nitrogens with one attached hydrogen (secondary N) is 2. The van der Waals surface area contributed by atoms with Gasteiger partial charge in [-0.15, -0.1) is 0 Å². The normalized spacial score (nSPS) is 23.5. The molecule has 1 aliphatic carbocycles. The maximum atomic E-state index is 11.8. The van der Waals surface area contributed by atoms with E-state index in [1.165, 1.54) is 32.7 Å². The fourth-order valence-electron chi connectivity index (χ4n) is 2.91. The van der Waals surface area contributed by atoms with Gasteiger partial charge in [0, 0.05) is 11.7 Å². The Morgan fingerprint density at radius 2 is 1.90 bits per heavy atom. The van der Waals surface area contributed by atoms with Crippen LogP contribution in [0, 0.1) is 5.92 Å². The summed E-state index contributed by atoms with van der Waals surface area (Å²) in [6.45, 7) is 2.27. The monoisotopic (exact) mass is 311 g/mol. The number of nitrogen functional groups attached to an aromatic ring is 1. The van der Waals surface area contributed by atoms with Crippen LogP contribution in [0.15, 0.2) is 23.1 Å². The topological polar surface area (TPSA) is 84.2 Å². The average molecular weight is 311 g/mol. The molecule has 2 atom stereocenters. The number of anilines is 2. The molecule has 21 heavy (non-hydrogen) atoms. The molecular formula is C15H25N3O2S. The number of rotatable bonds is 4. The van der Waals surface area contributed by atoms with E-state index in [0.717, 1.165) is 12.1 Å². The highest BCUT2D eigenvalue weighted by Crippen LogP contribution is 2.28. The fourth-order valence-corrected chi connectivity index (χ4v) is 3.75. The van der Waals surface area contributed by atoms with E-state index in [0.29, 0.717) is 12.0 Å². The van der Waals surface area contributed by atoms with Crippen molar-refractivity contribution >= 4 is 21.4 Å². The van der Waals surface area contributed by atoms with Gasteiger partial charge in [0.1, 0.15) is 4.90 Å². The minimum absolute atomic E-state index is 0.129. The molecule has 1 aromatic rings. The summed E-state index contributed by atoms with van der Waals surface area (Å²) in [6, 6.07) is 5.49. The molecule has 2 unspecified atom stereocenters. The lowest BCUT2D eigenvalue weighted by Gasteiger charge is -2.24. The van der Waals surface area contributed by atoms with E-state index >= 15 is 0 Å². The zero-order chi connectivity index (χ0) is 15.5. The second-order valence-electron chi connectivity index (χ2n) is 5.83. The van der Waals surface area contributed by atoms with Crippen LogP contribution in [0.5, 0.6) is 0 Å². The molecule has 5 nitrogen and oxygen atoms in total. The third-order valence-electron chi connectivity index (χ3n) is 4.28. The molecule has 2 rings (SSSR count). The predicted molar refractivity (Wildman–Crippen MR) is 86.8 cm³/mol. The number of hydrogen-bond acceptors (Lipinski definition) is 4. The first-order valence-electron chi connectivity index (χ1n) is 7.53. The maximum absolute atomic E-state index is 11.8. The number of sulfonamides is 1. The Morgan fingerprint density at radius 1 is 1.19 bits per heavy atom. The molecule has 1 saturated carbocycles. The number of nitrogens with two attached hydrogens (primary N) is 1. The Hall–Kier alpha value is -1.27. The van der Waals surface area contributed by atoms with Gasteiger partial charge >= 0.3 is 0 Å². The van der Waals surface area contributed by atoms with Crippen molar-refractivity contribution in [3.8, 4) is 0 Å². The highest BCUT2D eigenvalue weighted by atomic mass is 32.2. The first kappa shape index (κ1) is 16.1. The van der Waals surface area contributed by atoms with Crippen LogP contribution in [0.1, 0.15) is 39.0 Å². The summed E-state index contributed by atoms with van der Waals surface area (Å²) in [5, 5.41) is 3.51. The summed E-state index contributed by atoms with van der Waals surface area (Å²) < 4.78 is 25.9. The number of benzene rings is 1. The Labute approximate surface area is 127 Å². The molecule has 0 heterocycles. The average Bonchev–Trinajstić information content (AvgIpc) is 2.64. The van der Waals surface area contributed by atoms with Crippen LogP contribution in [0.3, 0.4) is 0 Å². The zero-order valence-corrected chi connectivity index (χ0v) is 13.5. The van der Waals surface area contributed by atoms with Crippen molar-refractivity contribution in [2.45, 2.75) is 50.0 Å². The third-order valence-corrected chi connectivity index (χ3v) is 5.77. The predicted octanol–water partition coefficient (Wildman–Crippen LogP) is 2.56. The highest BCUT2D eigenvalue weighted by Gasteiger charge is 2.21. The molecule has 0 aromatic heterocycles. The molecule has 1 aliphatic rings. The molecule has 6 heteroatoms. The maximum Gasteiger partial charge on any atom is 0.242 e. The van der Waals surface area contributed by atoms with Crippen molar-refractivity contribution in [1.29, 1.82) is 0 Å². The van der Waals surface area contributed by atoms with Gasteiger partial charge in [-0.1, -0.05) is 26.2 Å².